The standard InChI is InChI=1S/C22H28N4O2S/c1-7-26(6)13-23-19-10-16(5)20(11-15(19)4)24-17-8-9-21-18(12-17)22(27)25-29(21,28)14(2)3/h8-14,24H,7H2,1-6H3/b23-13+. The number of rotatable bonds is 6. The van der Waals surface area contributed by atoms with Crippen molar-refractivity contribution in [2.24, 2.45) is 9.36 Å². The number of carbonyl (C=O) groups excluding carboxylic acids is 1. The fraction of sp³-hybridized carbons (Fsp3) is 0.364. The summed E-state index contributed by atoms with van der Waals surface area (Å²) in [5.41, 5.74) is 5.15. The molecule has 3 rings (SSSR count). The number of nitrogens with one attached hydrogen (secondary N) is 1. The minimum atomic E-state index is -2.68. The largest absolute Gasteiger partial charge is 0.366 e. The van der Waals surface area contributed by atoms with Gasteiger partial charge in [-0.2, -0.15) is 4.36 Å². The molecule has 0 fully saturated rings. The summed E-state index contributed by atoms with van der Waals surface area (Å²) in [6.07, 6.45) is 1.83. The van der Waals surface area contributed by atoms with Gasteiger partial charge in [0.15, 0.2) is 0 Å². The number of benzene rings is 2. The first-order valence-electron chi connectivity index (χ1n) is 9.72. The molecule has 0 saturated carbocycles. The molecule has 7 heteroatoms. The van der Waals surface area contributed by atoms with Crippen LogP contribution < -0.4 is 5.32 Å². The van der Waals surface area contributed by atoms with Crippen LogP contribution >= 0.6 is 0 Å². The Morgan fingerprint density at radius 1 is 1.21 bits per heavy atom. The minimum Gasteiger partial charge on any atom is -0.366 e. The van der Waals surface area contributed by atoms with Gasteiger partial charge < -0.3 is 10.2 Å². The van der Waals surface area contributed by atoms with Gasteiger partial charge in [-0.1, -0.05) is 0 Å². The zero-order chi connectivity index (χ0) is 21.3. The molecule has 1 heterocycles. The summed E-state index contributed by atoms with van der Waals surface area (Å²) in [6, 6.07) is 9.44. The lowest BCUT2D eigenvalue weighted by Gasteiger charge is -2.15. The molecule has 29 heavy (non-hydrogen) atoms. The molecular weight excluding hydrogens is 384 g/mol. The molecule has 0 aromatic heterocycles. The Bertz CT molecular complexity index is 1110. The van der Waals surface area contributed by atoms with Gasteiger partial charge in [0.2, 0.25) is 0 Å². The van der Waals surface area contributed by atoms with Crippen LogP contribution in [0, 0.1) is 13.8 Å². The molecule has 0 spiro atoms. The van der Waals surface area contributed by atoms with E-state index in [0.29, 0.717) is 10.5 Å². The van der Waals surface area contributed by atoms with Gasteiger partial charge in [0.05, 0.1) is 32.2 Å². The lowest BCUT2D eigenvalue weighted by Crippen LogP contribution is -2.14. The van der Waals surface area contributed by atoms with Crippen molar-refractivity contribution in [1.82, 2.24) is 4.90 Å². The van der Waals surface area contributed by atoms with Gasteiger partial charge in [0.1, 0.15) is 0 Å². The van der Waals surface area contributed by atoms with Crippen molar-refractivity contribution in [3.8, 4) is 0 Å². The maximum Gasteiger partial charge on any atom is 0.286 e. The lowest BCUT2D eigenvalue weighted by atomic mass is 10.1. The van der Waals surface area contributed by atoms with Gasteiger partial charge in [-0.3, -0.25) is 4.79 Å². The van der Waals surface area contributed by atoms with Crippen LogP contribution in [-0.2, 0) is 9.73 Å². The minimum absolute atomic E-state index is 0.212. The van der Waals surface area contributed by atoms with E-state index in [9.17, 15) is 9.00 Å². The Labute approximate surface area is 173 Å². The highest BCUT2D eigenvalue weighted by Gasteiger charge is 2.31. The van der Waals surface area contributed by atoms with Gasteiger partial charge in [-0.05, 0) is 76.1 Å². The van der Waals surface area contributed by atoms with Crippen molar-refractivity contribution in [3.05, 3.63) is 47.0 Å². The number of aryl methyl sites for hydroxylation is 2. The van der Waals surface area contributed by atoms with Gasteiger partial charge in [-0.15, -0.1) is 0 Å². The summed E-state index contributed by atoms with van der Waals surface area (Å²) in [5, 5.41) is 3.16. The molecule has 6 nitrogen and oxygen atoms in total. The number of nitrogens with zero attached hydrogens (tertiary/aromatic N) is 3. The molecule has 0 radical (unpaired) electrons. The second kappa shape index (κ2) is 7.99. The maximum absolute atomic E-state index is 13.0. The van der Waals surface area contributed by atoms with Crippen molar-refractivity contribution in [3.63, 3.8) is 0 Å². The van der Waals surface area contributed by atoms with Crippen molar-refractivity contribution in [1.29, 1.82) is 0 Å². The van der Waals surface area contributed by atoms with E-state index in [1.807, 2.05) is 64.2 Å². The Balaban J connectivity index is 1.90. The number of hydrogen-bond acceptors (Lipinski definition) is 4. The van der Waals surface area contributed by atoms with E-state index in [4.69, 9.17) is 0 Å². The van der Waals surface area contributed by atoms with Crippen LogP contribution in [0.5, 0.6) is 0 Å². The number of anilines is 2. The quantitative estimate of drug-likeness (QED) is 0.532. The van der Waals surface area contributed by atoms with Crippen molar-refractivity contribution in [2.45, 2.75) is 44.8 Å². The van der Waals surface area contributed by atoms with Crippen LogP contribution in [0.1, 0.15) is 42.3 Å². The van der Waals surface area contributed by atoms with E-state index in [-0.39, 0.29) is 5.25 Å². The molecule has 1 unspecified atom stereocenters. The number of aliphatic imine (C=N–C) groups is 1. The van der Waals surface area contributed by atoms with Crippen LogP contribution in [0.4, 0.5) is 17.1 Å². The van der Waals surface area contributed by atoms with E-state index in [1.165, 1.54) is 0 Å². The van der Waals surface area contributed by atoms with Crippen LogP contribution in [-0.4, -0.2) is 40.2 Å². The first kappa shape index (κ1) is 21.0. The van der Waals surface area contributed by atoms with E-state index in [2.05, 4.69) is 21.6 Å². The van der Waals surface area contributed by atoms with Crippen molar-refractivity contribution < 1.29 is 9.00 Å². The molecule has 1 aliphatic heterocycles. The first-order valence-corrected chi connectivity index (χ1v) is 11.3. The summed E-state index contributed by atoms with van der Waals surface area (Å²) in [6.45, 7) is 10.7. The Kier molecular flexibility index (Phi) is 5.80. The first-order chi connectivity index (χ1) is 13.7. The van der Waals surface area contributed by atoms with E-state index in [1.54, 1.807) is 12.1 Å². The summed E-state index contributed by atoms with van der Waals surface area (Å²) in [4.78, 5) is 19.4. The molecule has 0 saturated heterocycles. The average molecular weight is 413 g/mol. The van der Waals surface area contributed by atoms with E-state index >= 15 is 0 Å². The zero-order valence-corrected chi connectivity index (χ0v) is 18.6. The molecule has 1 atom stereocenters. The maximum atomic E-state index is 13.0. The van der Waals surface area contributed by atoms with Gasteiger partial charge in [0, 0.05) is 30.2 Å². The molecule has 1 aliphatic rings. The highest BCUT2D eigenvalue weighted by Crippen LogP contribution is 2.34. The van der Waals surface area contributed by atoms with Crippen molar-refractivity contribution in [2.75, 3.05) is 18.9 Å². The van der Waals surface area contributed by atoms with Crippen LogP contribution in [0.25, 0.3) is 0 Å². The Hall–Kier alpha value is -2.67. The average Bonchev–Trinajstić information content (AvgIpc) is 2.94. The fourth-order valence-electron chi connectivity index (χ4n) is 3.08. The van der Waals surface area contributed by atoms with Crippen LogP contribution in [0.3, 0.4) is 0 Å². The molecule has 2 aromatic carbocycles. The number of carbonyl (C=O) groups is 1. The van der Waals surface area contributed by atoms with Gasteiger partial charge >= 0.3 is 0 Å². The molecule has 1 N–H and O–H groups in total. The SMILES string of the molecule is CCN(C)/C=N/c1cc(C)c(Nc2ccc3c(c2)C(=O)N=S3(=O)C(C)C)cc1C. The molecule has 0 bridgehead atoms. The summed E-state index contributed by atoms with van der Waals surface area (Å²) < 4.78 is 17.0. The smallest absolute Gasteiger partial charge is 0.286 e. The molecule has 1 amide bonds. The van der Waals surface area contributed by atoms with Crippen molar-refractivity contribution >= 4 is 39.0 Å². The van der Waals surface area contributed by atoms with Crippen LogP contribution in [0.15, 0.2) is 44.6 Å². The summed E-state index contributed by atoms with van der Waals surface area (Å²) >= 11 is 0. The third kappa shape index (κ3) is 4.05. The third-order valence-corrected chi connectivity index (χ3v) is 7.80. The Morgan fingerprint density at radius 2 is 1.93 bits per heavy atom. The molecule has 2 aromatic rings. The number of fused-ring (bicyclic) bond motifs is 1. The number of amides is 1. The second-order valence-corrected chi connectivity index (χ2v) is 10.3. The summed E-state index contributed by atoms with van der Waals surface area (Å²) in [5.74, 6) is -0.403. The fourth-order valence-corrected chi connectivity index (χ4v) is 4.97. The zero-order valence-electron chi connectivity index (χ0n) is 17.8. The third-order valence-electron chi connectivity index (χ3n) is 5.10. The van der Waals surface area contributed by atoms with Gasteiger partial charge in [-0.25, -0.2) is 9.20 Å². The van der Waals surface area contributed by atoms with E-state index in [0.717, 1.165) is 34.7 Å². The predicted octanol–water partition coefficient (Wildman–Crippen LogP) is 5.05. The normalized spacial score (nSPS) is 18.2. The highest BCUT2D eigenvalue weighted by molar-refractivity contribution is 7.95. The van der Waals surface area contributed by atoms with Gasteiger partial charge in [0.25, 0.3) is 5.91 Å². The monoisotopic (exact) mass is 412 g/mol. The second-order valence-electron chi connectivity index (χ2n) is 7.62. The summed E-state index contributed by atoms with van der Waals surface area (Å²) in [7, 11) is -0.690. The lowest BCUT2D eigenvalue weighted by molar-refractivity contribution is 0.101. The molecule has 0 aliphatic carbocycles. The van der Waals surface area contributed by atoms with Crippen LogP contribution in [0.2, 0.25) is 0 Å². The highest BCUT2D eigenvalue weighted by atomic mass is 32.2. The topological polar surface area (TPSA) is 74.1 Å². The molecule has 154 valence electrons. The predicted molar refractivity (Wildman–Crippen MR) is 120 cm³/mol. The molecular formula is C22H28N4O2S. The number of hydrogen-bond donors (Lipinski definition) is 1. The van der Waals surface area contributed by atoms with E-state index < -0.39 is 15.6 Å². The Morgan fingerprint density at radius 3 is 2.59 bits per heavy atom.